The van der Waals surface area contributed by atoms with Crippen LogP contribution in [0.15, 0.2) is 0 Å². The van der Waals surface area contributed by atoms with E-state index in [0.717, 1.165) is 19.4 Å². The van der Waals surface area contributed by atoms with Gasteiger partial charge in [-0.1, -0.05) is 6.92 Å². The van der Waals surface area contributed by atoms with Gasteiger partial charge in [0.1, 0.15) is 0 Å². The van der Waals surface area contributed by atoms with E-state index in [1.54, 1.807) is 4.31 Å². The van der Waals surface area contributed by atoms with Crippen molar-refractivity contribution < 1.29 is 8.42 Å². The minimum atomic E-state index is -3.05. The number of unbranched alkanes of at least 4 members (excludes halogenated alkanes) is 1. The first-order chi connectivity index (χ1) is 6.95. The number of rotatable bonds is 8. The van der Waals surface area contributed by atoms with Crippen LogP contribution in [0.4, 0.5) is 0 Å². The molecule has 0 aromatic rings. The van der Waals surface area contributed by atoms with Crippen LogP contribution in [-0.4, -0.2) is 44.7 Å². The van der Waals surface area contributed by atoms with Crippen LogP contribution >= 0.6 is 0 Å². The summed E-state index contributed by atoms with van der Waals surface area (Å²) in [5.41, 5.74) is 0. The lowest BCUT2D eigenvalue weighted by atomic mass is 10.3. The predicted molar refractivity (Wildman–Crippen MR) is 64.5 cm³/mol. The molecule has 0 rings (SSSR count). The van der Waals surface area contributed by atoms with Crippen LogP contribution in [0.1, 0.15) is 33.6 Å². The van der Waals surface area contributed by atoms with Crippen LogP contribution < -0.4 is 5.32 Å². The Labute approximate surface area is 94.1 Å². The summed E-state index contributed by atoms with van der Waals surface area (Å²) in [6.07, 6.45) is 1.64. The quantitative estimate of drug-likeness (QED) is 0.641. The summed E-state index contributed by atoms with van der Waals surface area (Å²) < 4.78 is 25.3. The summed E-state index contributed by atoms with van der Waals surface area (Å²) >= 11 is 0. The van der Waals surface area contributed by atoms with Gasteiger partial charge in [0.2, 0.25) is 10.0 Å². The molecular formula is C10H24N2O2S. The zero-order chi connectivity index (χ0) is 11.9. The van der Waals surface area contributed by atoms with Gasteiger partial charge in [0.05, 0.1) is 5.75 Å². The van der Waals surface area contributed by atoms with Crippen molar-refractivity contribution >= 4 is 10.0 Å². The highest BCUT2D eigenvalue weighted by Crippen LogP contribution is 2.08. The van der Waals surface area contributed by atoms with Gasteiger partial charge in [0.25, 0.3) is 0 Å². The summed E-state index contributed by atoms with van der Waals surface area (Å²) in [5.74, 6) is 0.265. The van der Waals surface area contributed by atoms with Crippen molar-refractivity contribution in [2.24, 2.45) is 0 Å². The Morgan fingerprint density at radius 3 is 2.27 bits per heavy atom. The molecule has 0 aliphatic carbocycles. The molecular weight excluding hydrogens is 212 g/mol. The van der Waals surface area contributed by atoms with Crippen molar-refractivity contribution in [3.63, 3.8) is 0 Å². The van der Waals surface area contributed by atoms with Crippen molar-refractivity contribution in [3.8, 4) is 0 Å². The van der Waals surface area contributed by atoms with E-state index < -0.39 is 10.0 Å². The molecule has 0 aromatic carbocycles. The molecule has 5 heteroatoms. The first-order valence-electron chi connectivity index (χ1n) is 5.59. The molecule has 0 saturated heterocycles. The fourth-order valence-electron chi connectivity index (χ4n) is 1.59. The Kier molecular flexibility index (Phi) is 7.13. The highest BCUT2D eigenvalue weighted by molar-refractivity contribution is 7.89. The van der Waals surface area contributed by atoms with Crippen molar-refractivity contribution in [1.29, 1.82) is 0 Å². The molecule has 0 aliphatic rings. The minimum Gasteiger partial charge on any atom is -0.320 e. The first kappa shape index (κ1) is 14.9. The molecule has 0 heterocycles. The minimum absolute atomic E-state index is 0.0595. The summed E-state index contributed by atoms with van der Waals surface area (Å²) in [4.78, 5) is 0. The predicted octanol–water partition coefficient (Wildman–Crippen LogP) is 1.05. The van der Waals surface area contributed by atoms with Crippen molar-refractivity contribution in [3.05, 3.63) is 0 Å². The Bertz CT molecular complexity index is 250. The molecule has 0 saturated carbocycles. The summed E-state index contributed by atoms with van der Waals surface area (Å²) in [5, 5.41) is 3.01. The van der Waals surface area contributed by atoms with Crippen molar-refractivity contribution in [1.82, 2.24) is 9.62 Å². The monoisotopic (exact) mass is 236 g/mol. The second kappa shape index (κ2) is 7.19. The van der Waals surface area contributed by atoms with Gasteiger partial charge in [-0.15, -0.1) is 0 Å². The fraction of sp³-hybridized carbons (Fsp3) is 1.00. The molecule has 15 heavy (non-hydrogen) atoms. The maximum absolute atomic E-state index is 11.9. The molecule has 0 unspecified atom stereocenters. The highest BCUT2D eigenvalue weighted by Gasteiger charge is 2.22. The smallest absolute Gasteiger partial charge is 0.214 e. The third-order valence-electron chi connectivity index (χ3n) is 2.32. The van der Waals surface area contributed by atoms with Crippen molar-refractivity contribution in [2.75, 3.05) is 25.9 Å². The van der Waals surface area contributed by atoms with E-state index in [-0.39, 0.29) is 11.8 Å². The molecule has 0 fully saturated rings. The Hall–Kier alpha value is -0.130. The number of hydrogen-bond donors (Lipinski definition) is 1. The van der Waals surface area contributed by atoms with Crippen LogP contribution in [0.3, 0.4) is 0 Å². The van der Waals surface area contributed by atoms with E-state index in [0.29, 0.717) is 6.54 Å². The Morgan fingerprint density at radius 1 is 1.27 bits per heavy atom. The lowest BCUT2D eigenvalue weighted by molar-refractivity contribution is 0.368. The average molecular weight is 236 g/mol. The van der Waals surface area contributed by atoms with Gasteiger partial charge in [-0.2, -0.15) is 4.31 Å². The van der Waals surface area contributed by atoms with Crippen molar-refractivity contribution in [2.45, 2.75) is 39.7 Å². The zero-order valence-electron chi connectivity index (χ0n) is 10.3. The molecule has 0 aromatic heterocycles. The van der Waals surface area contributed by atoms with Crippen LogP contribution in [0, 0.1) is 0 Å². The molecule has 0 spiro atoms. The van der Waals surface area contributed by atoms with Crippen LogP contribution in [0.5, 0.6) is 0 Å². The first-order valence-corrected chi connectivity index (χ1v) is 7.20. The SMILES string of the molecule is CCN(C(C)C)S(=O)(=O)CCCCNC. The van der Waals surface area contributed by atoms with Gasteiger partial charge in [0.15, 0.2) is 0 Å². The van der Waals surface area contributed by atoms with Gasteiger partial charge in [-0.25, -0.2) is 8.42 Å². The second-order valence-electron chi connectivity index (χ2n) is 3.92. The molecule has 4 nitrogen and oxygen atoms in total. The lowest BCUT2D eigenvalue weighted by Gasteiger charge is -2.24. The molecule has 92 valence electrons. The molecule has 0 bridgehead atoms. The van der Waals surface area contributed by atoms with E-state index in [1.807, 2.05) is 27.8 Å². The number of hydrogen-bond acceptors (Lipinski definition) is 3. The lowest BCUT2D eigenvalue weighted by Crippen LogP contribution is -2.38. The van der Waals surface area contributed by atoms with Gasteiger partial charge >= 0.3 is 0 Å². The third-order valence-corrected chi connectivity index (χ3v) is 4.52. The molecule has 0 atom stereocenters. The topological polar surface area (TPSA) is 49.4 Å². The average Bonchev–Trinajstić information content (AvgIpc) is 2.12. The molecule has 0 aliphatic heterocycles. The fourth-order valence-corrected chi connectivity index (χ4v) is 3.43. The highest BCUT2D eigenvalue weighted by atomic mass is 32.2. The van der Waals surface area contributed by atoms with Gasteiger partial charge in [0, 0.05) is 12.6 Å². The zero-order valence-corrected chi connectivity index (χ0v) is 11.1. The molecule has 0 amide bonds. The summed E-state index contributed by atoms with van der Waals surface area (Å²) in [7, 11) is -1.17. The van der Waals surface area contributed by atoms with Gasteiger partial charge < -0.3 is 5.32 Å². The molecule has 0 radical (unpaired) electrons. The number of sulfonamides is 1. The maximum Gasteiger partial charge on any atom is 0.214 e. The van der Waals surface area contributed by atoms with E-state index >= 15 is 0 Å². The number of nitrogens with zero attached hydrogens (tertiary/aromatic N) is 1. The maximum atomic E-state index is 11.9. The Morgan fingerprint density at radius 2 is 1.87 bits per heavy atom. The Balaban J connectivity index is 4.15. The van der Waals surface area contributed by atoms with E-state index in [2.05, 4.69) is 5.32 Å². The van der Waals surface area contributed by atoms with Gasteiger partial charge in [-0.3, -0.25) is 0 Å². The normalized spacial score (nSPS) is 12.7. The standard InChI is InChI=1S/C10H24N2O2S/c1-5-12(10(2)3)15(13,14)9-7-6-8-11-4/h10-11H,5-9H2,1-4H3. The second-order valence-corrected chi connectivity index (χ2v) is 5.96. The largest absolute Gasteiger partial charge is 0.320 e. The summed E-state index contributed by atoms with van der Waals surface area (Å²) in [6.45, 7) is 7.14. The molecule has 1 N–H and O–H groups in total. The van der Waals surface area contributed by atoms with Crippen LogP contribution in [0.2, 0.25) is 0 Å². The summed E-state index contributed by atoms with van der Waals surface area (Å²) in [6, 6.07) is 0.0595. The van der Waals surface area contributed by atoms with Crippen LogP contribution in [-0.2, 0) is 10.0 Å². The van der Waals surface area contributed by atoms with Gasteiger partial charge in [-0.05, 0) is 40.3 Å². The third kappa shape index (κ3) is 5.49. The van der Waals surface area contributed by atoms with E-state index in [9.17, 15) is 8.42 Å². The number of nitrogens with one attached hydrogen (secondary N) is 1. The van der Waals surface area contributed by atoms with Crippen LogP contribution in [0.25, 0.3) is 0 Å². The van der Waals surface area contributed by atoms with E-state index in [4.69, 9.17) is 0 Å². The van der Waals surface area contributed by atoms with E-state index in [1.165, 1.54) is 0 Å².